The van der Waals surface area contributed by atoms with Gasteiger partial charge in [-0.05, 0) is 71.0 Å². The van der Waals surface area contributed by atoms with Crippen LogP contribution in [0, 0.1) is 0 Å². The van der Waals surface area contributed by atoms with E-state index in [2.05, 4.69) is 43.9 Å². The van der Waals surface area contributed by atoms with Crippen molar-refractivity contribution >= 4 is 40.3 Å². The summed E-state index contributed by atoms with van der Waals surface area (Å²) in [6.45, 7) is 0.589. The number of amides is 1. The normalized spacial score (nSPS) is 12.3. The Labute approximate surface area is 167 Å². The molecule has 1 atom stereocenters. The fraction of sp³-hybridized carbons (Fsp3) is 0.250. The van der Waals surface area contributed by atoms with Crippen molar-refractivity contribution in [1.29, 1.82) is 0 Å². The average Bonchev–Trinajstić information content (AvgIpc) is 3.34. The number of benzene rings is 1. The van der Waals surface area contributed by atoms with Crippen LogP contribution in [0.4, 0.5) is 0 Å². The molecule has 0 aliphatic heterocycles. The molecule has 1 N–H and O–H groups in total. The summed E-state index contributed by atoms with van der Waals surface area (Å²) in [5, 5.41) is 11.6. The minimum Gasteiger partial charge on any atom is -0.350 e. The molecule has 0 spiro atoms. The number of hydrogen-bond acceptors (Lipinski definition) is 5. The molecule has 0 aliphatic carbocycles. The van der Waals surface area contributed by atoms with Gasteiger partial charge in [0.1, 0.15) is 0 Å². The molecule has 26 heavy (non-hydrogen) atoms. The molecular formula is C20H22N2OS3. The third-order valence-corrected chi connectivity index (χ3v) is 6.69. The van der Waals surface area contributed by atoms with Crippen molar-refractivity contribution in [2.75, 3.05) is 20.6 Å². The molecule has 136 valence electrons. The minimum absolute atomic E-state index is 0.0134. The van der Waals surface area contributed by atoms with E-state index in [1.807, 2.05) is 38.4 Å². The molecule has 0 radical (unpaired) electrons. The van der Waals surface area contributed by atoms with Crippen molar-refractivity contribution in [2.45, 2.75) is 16.7 Å². The van der Waals surface area contributed by atoms with Crippen LogP contribution in [-0.2, 0) is 5.75 Å². The summed E-state index contributed by atoms with van der Waals surface area (Å²) in [6.07, 6.45) is 0. The number of carbonyl (C=O) groups excluding carboxylic acids is 1. The molecule has 0 aliphatic rings. The number of nitrogens with zero attached hydrogens (tertiary/aromatic N) is 1. The average molecular weight is 403 g/mol. The van der Waals surface area contributed by atoms with Crippen LogP contribution in [0.15, 0.2) is 62.8 Å². The molecule has 0 bridgehead atoms. The lowest BCUT2D eigenvalue weighted by molar-refractivity contribution is 0.0939. The molecule has 0 saturated carbocycles. The van der Waals surface area contributed by atoms with Crippen molar-refractivity contribution in [3.05, 3.63) is 74.6 Å². The lowest BCUT2D eigenvalue weighted by Crippen LogP contribution is -2.34. The summed E-state index contributed by atoms with van der Waals surface area (Å²) in [5.74, 6) is 0.865. The van der Waals surface area contributed by atoms with E-state index in [4.69, 9.17) is 0 Å². The van der Waals surface area contributed by atoms with E-state index in [9.17, 15) is 4.79 Å². The van der Waals surface area contributed by atoms with Gasteiger partial charge in [-0.2, -0.15) is 22.7 Å². The Balaban J connectivity index is 1.65. The van der Waals surface area contributed by atoms with Crippen LogP contribution in [0.3, 0.4) is 0 Å². The molecule has 2 aromatic heterocycles. The van der Waals surface area contributed by atoms with Crippen molar-refractivity contribution in [3.8, 4) is 0 Å². The highest BCUT2D eigenvalue weighted by molar-refractivity contribution is 7.98. The molecule has 6 heteroatoms. The largest absolute Gasteiger partial charge is 0.350 e. The van der Waals surface area contributed by atoms with E-state index >= 15 is 0 Å². The standard InChI is InChI=1S/C20H22N2OS3/c1-22(2)18(16-8-10-25-14-16)11-21-20(23)17-5-3-4-6-19(17)26-13-15-7-9-24-12-15/h3-10,12,14,18H,11,13H2,1-2H3,(H,21,23). The molecule has 0 fully saturated rings. The predicted molar refractivity (Wildman–Crippen MR) is 113 cm³/mol. The number of rotatable bonds is 8. The zero-order valence-corrected chi connectivity index (χ0v) is 17.3. The van der Waals surface area contributed by atoms with Crippen LogP contribution in [0.2, 0.25) is 0 Å². The number of hydrogen-bond donors (Lipinski definition) is 1. The maximum Gasteiger partial charge on any atom is 0.252 e. The van der Waals surface area contributed by atoms with E-state index in [0.29, 0.717) is 6.54 Å². The van der Waals surface area contributed by atoms with Crippen LogP contribution < -0.4 is 5.32 Å². The van der Waals surface area contributed by atoms with Gasteiger partial charge in [0.25, 0.3) is 5.91 Å². The summed E-state index contributed by atoms with van der Waals surface area (Å²) in [4.78, 5) is 15.9. The van der Waals surface area contributed by atoms with Crippen LogP contribution in [-0.4, -0.2) is 31.4 Å². The second-order valence-corrected chi connectivity index (χ2v) is 8.74. The fourth-order valence-electron chi connectivity index (χ4n) is 2.66. The van der Waals surface area contributed by atoms with E-state index in [1.54, 1.807) is 34.4 Å². The van der Waals surface area contributed by atoms with Crippen molar-refractivity contribution < 1.29 is 4.79 Å². The maximum atomic E-state index is 12.8. The molecule has 1 aromatic carbocycles. The van der Waals surface area contributed by atoms with Crippen molar-refractivity contribution in [3.63, 3.8) is 0 Å². The van der Waals surface area contributed by atoms with Gasteiger partial charge < -0.3 is 10.2 Å². The SMILES string of the molecule is CN(C)C(CNC(=O)c1ccccc1SCc1ccsc1)c1ccsc1. The monoisotopic (exact) mass is 402 g/mol. The highest BCUT2D eigenvalue weighted by Gasteiger charge is 2.17. The molecule has 2 heterocycles. The summed E-state index contributed by atoms with van der Waals surface area (Å²) in [6, 6.07) is 12.3. The first-order chi connectivity index (χ1) is 12.6. The third kappa shape index (κ3) is 4.98. The van der Waals surface area contributed by atoms with Gasteiger partial charge in [-0.1, -0.05) is 12.1 Å². The smallest absolute Gasteiger partial charge is 0.252 e. The Morgan fingerprint density at radius 2 is 1.88 bits per heavy atom. The molecule has 1 amide bonds. The minimum atomic E-state index is -0.0134. The zero-order chi connectivity index (χ0) is 18.4. The third-order valence-electron chi connectivity index (χ3n) is 4.11. The Morgan fingerprint density at radius 3 is 2.58 bits per heavy atom. The van der Waals surface area contributed by atoms with Gasteiger partial charge in [0.15, 0.2) is 0 Å². The number of carbonyl (C=O) groups is 1. The van der Waals surface area contributed by atoms with E-state index in [-0.39, 0.29) is 11.9 Å². The summed E-state index contributed by atoms with van der Waals surface area (Å²) < 4.78 is 0. The van der Waals surface area contributed by atoms with Gasteiger partial charge in [0.2, 0.25) is 0 Å². The number of thioether (sulfide) groups is 1. The molecule has 3 rings (SSSR count). The topological polar surface area (TPSA) is 32.3 Å². The zero-order valence-electron chi connectivity index (χ0n) is 14.8. The first-order valence-electron chi connectivity index (χ1n) is 8.35. The molecule has 3 nitrogen and oxygen atoms in total. The maximum absolute atomic E-state index is 12.8. The highest BCUT2D eigenvalue weighted by Crippen LogP contribution is 2.27. The van der Waals surface area contributed by atoms with Crippen LogP contribution in [0.25, 0.3) is 0 Å². The van der Waals surface area contributed by atoms with Crippen LogP contribution in [0.5, 0.6) is 0 Å². The Bertz CT molecular complexity index is 813. The van der Waals surface area contributed by atoms with Crippen molar-refractivity contribution in [2.24, 2.45) is 0 Å². The summed E-state index contributed by atoms with van der Waals surface area (Å²) in [5.41, 5.74) is 3.27. The van der Waals surface area contributed by atoms with E-state index < -0.39 is 0 Å². The lowest BCUT2D eigenvalue weighted by Gasteiger charge is -2.24. The molecular weight excluding hydrogens is 380 g/mol. The Hall–Kier alpha value is -1.60. The predicted octanol–water partition coefficient (Wildman–Crippen LogP) is 5.13. The van der Waals surface area contributed by atoms with Gasteiger partial charge in [-0.15, -0.1) is 11.8 Å². The Kier molecular flexibility index (Phi) is 6.91. The van der Waals surface area contributed by atoms with Gasteiger partial charge in [0, 0.05) is 17.2 Å². The van der Waals surface area contributed by atoms with E-state index in [0.717, 1.165) is 16.2 Å². The van der Waals surface area contributed by atoms with E-state index in [1.165, 1.54) is 11.1 Å². The lowest BCUT2D eigenvalue weighted by atomic mass is 10.1. The molecule has 0 saturated heterocycles. The fourth-order valence-corrected chi connectivity index (χ4v) is 5.14. The first-order valence-corrected chi connectivity index (χ1v) is 11.2. The Morgan fingerprint density at radius 1 is 1.12 bits per heavy atom. The van der Waals surface area contributed by atoms with Gasteiger partial charge >= 0.3 is 0 Å². The summed E-state index contributed by atoms with van der Waals surface area (Å²) >= 11 is 5.09. The molecule has 3 aromatic rings. The van der Waals surface area contributed by atoms with Gasteiger partial charge in [-0.25, -0.2) is 0 Å². The first kappa shape index (κ1) is 19.2. The number of thiophene rings is 2. The quantitative estimate of drug-likeness (QED) is 0.530. The van der Waals surface area contributed by atoms with Crippen LogP contribution in [0.1, 0.15) is 27.5 Å². The highest BCUT2D eigenvalue weighted by atomic mass is 32.2. The summed E-state index contributed by atoms with van der Waals surface area (Å²) in [7, 11) is 4.08. The van der Waals surface area contributed by atoms with Crippen LogP contribution >= 0.6 is 34.4 Å². The second-order valence-electron chi connectivity index (χ2n) is 6.16. The van der Waals surface area contributed by atoms with Gasteiger partial charge in [-0.3, -0.25) is 4.79 Å². The number of likely N-dealkylation sites (N-methyl/N-ethyl adjacent to an activating group) is 1. The van der Waals surface area contributed by atoms with Gasteiger partial charge in [0.05, 0.1) is 11.6 Å². The molecule has 1 unspecified atom stereocenters. The number of nitrogens with one attached hydrogen (secondary N) is 1. The second kappa shape index (κ2) is 9.37. The van der Waals surface area contributed by atoms with Crippen molar-refractivity contribution in [1.82, 2.24) is 10.2 Å².